The summed E-state index contributed by atoms with van der Waals surface area (Å²) in [6.45, 7) is 1.70. The number of hydrogen-bond donors (Lipinski definition) is 4. The molecule has 1 aromatic heterocycles. The molecule has 0 saturated heterocycles. The van der Waals surface area contributed by atoms with Gasteiger partial charge in [0.25, 0.3) is 0 Å². The number of nitrogens with one attached hydrogen (secondary N) is 3. The second-order valence-electron chi connectivity index (χ2n) is 4.23. The lowest BCUT2D eigenvalue weighted by molar-refractivity contribution is 0.0692. The average molecular weight is 373 g/mol. The predicted octanol–water partition coefficient (Wildman–Crippen LogP) is 4.08. The monoisotopic (exact) mass is 371 g/mol. The normalized spacial score (nSPS) is 10.2. The topological polar surface area (TPSA) is 94.2 Å². The summed E-state index contributed by atoms with van der Waals surface area (Å²) < 4.78 is 0.547. The van der Waals surface area contributed by atoms with Gasteiger partial charge in [-0.2, -0.15) is 0 Å². The van der Waals surface area contributed by atoms with Crippen molar-refractivity contribution >= 4 is 50.9 Å². The third-order valence-electron chi connectivity index (χ3n) is 2.61. The van der Waals surface area contributed by atoms with Crippen LogP contribution >= 0.6 is 27.5 Å². The molecule has 110 valence electrons. The van der Waals surface area contributed by atoms with Gasteiger partial charge < -0.3 is 20.7 Å². The second-order valence-corrected chi connectivity index (χ2v) is 5.43. The third kappa shape index (κ3) is 3.56. The lowest BCUT2D eigenvalue weighted by atomic mass is 10.3. The quantitative estimate of drug-likeness (QED) is 0.654. The Kier molecular flexibility index (Phi) is 4.54. The number of carboxylic acid groups (broad SMARTS) is 1. The summed E-state index contributed by atoms with van der Waals surface area (Å²) in [7, 11) is 0. The maximum atomic E-state index is 11.9. The number of halogens is 2. The Labute approximate surface area is 133 Å². The first-order valence-electron chi connectivity index (χ1n) is 5.83. The number of aromatic amines is 1. The number of anilines is 2. The van der Waals surface area contributed by atoms with Crippen LogP contribution in [0.25, 0.3) is 0 Å². The first-order chi connectivity index (χ1) is 9.88. The standard InChI is InChI=1S/C13H11BrClN3O3/c1-6-5-9(11(16-6)12(19)20)18-13(21)17-8-4-2-3-7(15)10(8)14/h2-5,16H,1H3,(H,19,20)(H2,17,18,21). The van der Waals surface area contributed by atoms with Crippen LogP contribution in [0.3, 0.4) is 0 Å². The Balaban J connectivity index is 2.16. The van der Waals surface area contributed by atoms with E-state index in [0.717, 1.165) is 0 Å². The number of aromatic nitrogens is 1. The highest BCUT2D eigenvalue weighted by Crippen LogP contribution is 2.30. The van der Waals surface area contributed by atoms with Gasteiger partial charge in [-0.3, -0.25) is 0 Å². The molecule has 1 aromatic carbocycles. The summed E-state index contributed by atoms with van der Waals surface area (Å²) in [5, 5.41) is 14.6. The molecule has 0 radical (unpaired) electrons. The van der Waals surface area contributed by atoms with Gasteiger partial charge in [0.15, 0.2) is 0 Å². The molecule has 6 nitrogen and oxygen atoms in total. The van der Waals surface area contributed by atoms with E-state index in [1.54, 1.807) is 25.1 Å². The zero-order valence-electron chi connectivity index (χ0n) is 10.8. The SMILES string of the molecule is Cc1cc(NC(=O)Nc2cccc(Cl)c2Br)c(C(=O)O)[nH]1. The zero-order valence-corrected chi connectivity index (χ0v) is 13.2. The smallest absolute Gasteiger partial charge is 0.354 e. The van der Waals surface area contributed by atoms with Crippen molar-refractivity contribution in [3.8, 4) is 0 Å². The number of benzene rings is 1. The third-order valence-corrected chi connectivity index (χ3v) is 4.01. The Bertz CT molecular complexity index is 715. The first kappa shape index (κ1) is 15.4. The highest BCUT2D eigenvalue weighted by molar-refractivity contribution is 9.10. The highest BCUT2D eigenvalue weighted by Gasteiger charge is 2.16. The van der Waals surface area contributed by atoms with E-state index in [1.807, 2.05) is 0 Å². The number of H-pyrrole nitrogens is 1. The van der Waals surface area contributed by atoms with E-state index in [4.69, 9.17) is 16.7 Å². The van der Waals surface area contributed by atoms with Crippen molar-refractivity contribution in [2.24, 2.45) is 0 Å². The van der Waals surface area contributed by atoms with Gasteiger partial charge in [-0.1, -0.05) is 17.7 Å². The predicted molar refractivity (Wildman–Crippen MR) is 84.3 cm³/mol. The number of rotatable bonds is 3. The lowest BCUT2D eigenvalue weighted by Crippen LogP contribution is -2.20. The highest BCUT2D eigenvalue weighted by atomic mass is 79.9. The molecule has 0 aliphatic carbocycles. The van der Waals surface area contributed by atoms with Crippen LogP contribution in [0, 0.1) is 6.92 Å². The molecule has 0 bridgehead atoms. The number of aromatic carboxylic acids is 1. The summed E-state index contributed by atoms with van der Waals surface area (Å²) in [6, 6.07) is 5.99. The van der Waals surface area contributed by atoms with Crippen LogP contribution in [0.15, 0.2) is 28.7 Å². The van der Waals surface area contributed by atoms with E-state index in [9.17, 15) is 9.59 Å². The molecule has 0 fully saturated rings. The Morgan fingerprint density at radius 2 is 1.95 bits per heavy atom. The summed E-state index contributed by atoms with van der Waals surface area (Å²) in [4.78, 5) is 25.6. The molecule has 2 amide bonds. The number of urea groups is 1. The van der Waals surface area contributed by atoms with Crippen molar-refractivity contribution in [3.05, 3.63) is 45.1 Å². The van der Waals surface area contributed by atoms with Crippen molar-refractivity contribution in [1.29, 1.82) is 0 Å². The van der Waals surface area contributed by atoms with Crippen LogP contribution in [0.5, 0.6) is 0 Å². The fourth-order valence-corrected chi connectivity index (χ4v) is 2.27. The molecule has 8 heteroatoms. The fraction of sp³-hybridized carbons (Fsp3) is 0.0769. The van der Waals surface area contributed by atoms with Crippen molar-refractivity contribution in [3.63, 3.8) is 0 Å². The molecule has 0 saturated carbocycles. The Hall–Kier alpha value is -1.99. The zero-order chi connectivity index (χ0) is 15.6. The van der Waals surface area contributed by atoms with E-state index in [2.05, 4.69) is 31.5 Å². The van der Waals surface area contributed by atoms with Gasteiger partial charge in [0.1, 0.15) is 5.69 Å². The van der Waals surface area contributed by atoms with Gasteiger partial charge in [0, 0.05) is 5.69 Å². The maximum Gasteiger partial charge on any atom is 0.354 e. The minimum atomic E-state index is -1.15. The summed E-state index contributed by atoms with van der Waals surface area (Å²) in [5.74, 6) is -1.15. The van der Waals surface area contributed by atoms with E-state index in [-0.39, 0.29) is 11.4 Å². The van der Waals surface area contributed by atoms with E-state index in [1.165, 1.54) is 6.07 Å². The van der Waals surface area contributed by atoms with Crippen LogP contribution in [-0.4, -0.2) is 22.1 Å². The molecule has 1 heterocycles. The molecular weight excluding hydrogens is 362 g/mol. The number of aryl methyl sites for hydroxylation is 1. The minimum absolute atomic E-state index is 0.0761. The van der Waals surface area contributed by atoms with Gasteiger partial charge in [-0.25, -0.2) is 9.59 Å². The molecule has 0 aliphatic rings. The van der Waals surface area contributed by atoms with Crippen molar-refractivity contribution < 1.29 is 14.7 Å². The molecule has 0 atom stereocenters. The Morgan fingerprint density at radius 1 is 1.29 bits per heavy atom. The van der Waals surface area contributed by atoms with Crippen LogP contribution in [-0.2, 0) is 0 Å². The molecule has 4 N–H and O–H groups in total. The van der Waals surface area contributed by atoms with Gasteiger partial charge in [0.05, 0.1) is 20.9 Å². The van der Waals surface area contributed by atoms with E-state index >= 15 is 0 Å². The molecule has 2 rings (SSSR count). The summed E-state index contributed by atoms with van der Waals surface area (Å²) in [5.41, 5.74) is 1.22. The van der Waals surface area contributed by atoms with Crippen LogP contribution in [0.4, 0.5) is 16.2 Å². The largest absolute Gasteiger partial charge is 0.477 e. The fourth-order valence-electron chi connectivity index (χ4n) is 1.73. The van der Waals surface area contributed by atoms with Gasteiger partial charge in [-0.15, -0.1) is 0 Å². The summed E-state index contributed by atoms with van der Waals surface area (Å²) >= 11 is 9.19. The minimum Gasteiger partial charge on any atom is -0.477 e. The van der Waals surface area contributed by atoms with Crippen LogP contribution in [0.2, 0.25) is 5.02 Å². The summed E-state index contributed by atoms with van der Waals surface area (Å²) in [6.07, 6.45) is 0. The Morgan fingerprint density at radius 3 is 2.62 bits per heavy atom. The van der Waals surface area contributed by atoms with Crippen molar-refractivity contribution in [1.82, 2.24) is 4.98 Å². The molecule has 0 unspecified atom stereocenters. The maximum absolute atomic E-state index is 11.9. The van der Waals surface area contributed by atoms with Gasteiger partial charge >= 0.3 is 12.0 Å². The molecule has 21 heavy (non-hydrogen) atoms. The van der Waals surface area contributed by atoms with Gasteiger partial charge in [-0.05, 0) is 41.1 Å². The molecule has 2 aromatic rings. The molecular formula is C13H11BrClN3O3. The van der Waals surface area contributed by atoms with Crippen molar-refractivity contribution in [2.75, 3.05) is 10.6 Å². The first-order valence-corrected chi connectivity index (χ1v) is 7.00. The average Bonchev–Trinajstić information content (AvgIpc) is 2.76. The number of carboxylic acids is 1. The van der Waals surface area contributed by atoms with E-state index < -0.39 is 12.0 Å². The number of hydrogen-bond acceptors (Lipinski definition) is 2. The van der Waals surface area contributed by atoms with Crippen molar-refractivity contribution in [2.45, 2.75) is 6.92 Å². The lowest BCUT2D eigenvalue weighted by Gasteiger charge is -2.09. The number of amides is 2. The molecule has 0 aliphatic heterocycles. The van der Waals surface area contributed by atoms with Gasteiger partial charge in [0.2, 0.25) is 0 Å². The number of carbonyl (C=O) groups is 2. The molecule has 0 spiro atoms. The van der Waals surface area contributed by atoms with Crippen LogP contribution in [0.1, 0.15) is 16.2 Å². The number of carbonyl (C=O) groups excluding carboxylic acids is 1. The second kappa shape index (κ2) is 6.19. The van der Waals surface area contributed by atoms with E-state index in [0.29, 0.717) is 20.9 Å². The van der Waals surface area contributed by atoms with Crippen LogP contribution < -0.4 is 10.6 Å².